The molecule has 0 radical (unpaired) electrons. The Morgan fingerprint density at radius 2 is 0.689 bits per heavy atom. The molecular formula is C92H191N3OS10. The van der Waals surface area contributed by atoms with E-state index in [-0.39, 0.29) is 14.9 Å². The van der Waals surface area contributed by atoms with Crippen LogP contribution in [-0.2, 0) is 4.74 Å². The van der Waals surface area contributed by atoms with Crippen molar-refractivity contribution in [2.75, 3.05) is 131 Å². The van der Waals surface area contributed by atoms with Crippen molar-refractivity contribution < 1.29 is 4.74 Å². The van der Waals surface area contributed by atoms with Gasteiger partial charge in [-0.2, -0.15) is 118 Å². The summed E-state index contributed by atoms with van der Waals surface area (Å²) in [4.78, 5) is 2.56. The molecule has 4 nitrogen and oxygen atoms in total. The summed E-state index contributed by atoms with van der Waals surface area (Å²) in [5.41, 5.74) is 5.52. The highest BCUT2D eigenvalue weighted by molar-refractivity contribution is 8.02. The smallest absolute Gasteiger partial charge is 0.0623 e. The van der Waals surface area contributed by atoms with Crippen LogP contribution < -0.4 is 10.6 Å². The van der Waals surface area contributed by atoms with Gasteiger partial charge in [-0.05, 0) is 245 Å². The maximum absolute atomic E-state index is 5.64. The maximum atomic E-state index is 5.64. The van der Waals surface area contributed by atoms with Gasteiger partial charge in [-0.1, -0.05) is 229 Å². The fourth-order valence-corrected chi connectivity index (χ4v) is 26.5. The normalized spacial score (nSPS) is 26.7. The quantitative estimate of drug-likeness (QED) is 0.242. The van der Waals surface area contributed by atoms with E-state index in [4.69, 9.17) is 4.74 Å². The lowest BCUT2D eigenvalue weighted by atomic mass is 9.77. The zero-order valence-corrected chi connectivity index (χ0v) is 83.8. The van der Waals surface area contributed by atoms with Gasteiger partial charge in [0.15, 0.2) is 0 Å². The van der Waals surface area contributed by atoms with E-state index in [1.54, 1.807) is 0 Å². The van der Waals surface area contributed by atoms with Crippen LogP contribution in [0.25, 0.3) is 0 Å². The van der Waals surface area contributed by atoms with Crippen LogP contribution >= 0.6 is 118 Å². The van der Waals surface area contributed by atoms with Gasteiger partial charge < -0.3 is 15.4 Å². The van der Waals surface area contributed by atoms with Gasteiger partial charge in [0.05, 0.1) is 6.10 Å². The van der Waals surface area contributed by atoms with E-state index in [1.807, 2.05) is 0 Å². The average molecular weight is 1680 g/mol. The molecular weight excluding hydrogens is 1480 g/mol. The van der Waals surface area contributed by atoms with E-state index >= 15 is 0 Å². The highest BCUT2D eigenvalue weighted by Gasteiger charge is 2.35. The Morgan fingerprint density at radius 1 is 0.283 bits per heavy atom. The van der Waals surface area contributed by atoms with Crippen molar-refractivity contribution in [1.29, 1.82) is 0 Å². The van der Waals surface area contributed by atoms with Gasteiger partial charge in [0, 0.05) is 101 Å². The first-order chi connectivity index (χ1) is 47.7. The van der Waals surface area contributed by atoms with Crippen molar-refractivity contribution in [2.45, 2.75) is 372 Å². The van der Waals surface area contributed by atoms with Crippen molar-refractivity contribution in [3.63, 3.8) is 0 Å². The largest absolute Gasteiger partial charge is 0.378 e. The molecule has 0 saturated carbocycles. The van der Waals surface area contributed by atoms with E-state index in [1.165, 1.54) is 215 Å². The Hall–Kier alpha value is 3.34. The molecule has 0 aromatic rings. The fourth-order valence-electron chi connectivity index (χ4n) is 13.4. The lowest BCUT2D eigenvalue weighted by molar-refractivity contribution is -0.0474. The minimum Gasteiger partial charge on any atom is -0.378 e. The molecule has 2 N–H and O–H groups in total. The summed E-state index contributed by atoms with van der Waals surface area (Å²) < 4.78 is 5.64. The molecule has 0 bridgehead atoms. The number of nitrogens with zero attached hydrogens (tertiary/aromatic N) is 1. The van der Waals surface area contributed by atoms with E-state index in [2.05, 4.69) is 362 Å². The second-order valence-electron chi connectivity index (χ2n) is 43.5. The van der Waals surface area contributed by atoms with Crippen LogP contribution in [-0.4, -0.2) is 175 Å². The molecule has 11 aliphatic rings. The standard InChI is InChI=1S/C9H18O.3C9H18S.3C8H17NS.2C8H16S.2C7H14S.2CH4/c1-9(2,3)8-6-4-5-7-10-8;1-9(2,3)8-4-6-10-7-5-8;1-9(2,3)8-5-4-6-10-7-8;1-9(2,3)8-6-4-5-7-10-8;1-8(2,3)9-4-6-10-7-5-9;1-8(2,3)7-6-10-5-4-9-7;1-8(2,3)7-6-9-4-5-10-7;1-8(2,3)7-4-5-9-6-7;1-8(2,3)7-5-4-6-9-7;1-7(2,3)6-4-8-5-6;1-7(2,3)6-4-5-8-6;;/h4*8H,4-7H2,1-3H3;4-7H2,1-3H3;2*7,9H,4-6H2,1-3H3;2*7H,4-6H2,1-3H3;2*6H,4-5H2,1-3H3;2*1H4. The van der Waals surface area contributed by atoms with Gasteiger partial charge in [-0.15, -0.1) is 0 Å². The van der Waals surface area contributed by atoms with Crippen molar-refractivity contribution in [1.82, 2.24) is 15.5 Å². The SMILES string of the molecule is C.C.CC(C)(C)C1CCCCO1.CC(C)(C)C1CCCCS1.CC(C)(C)C1CCCS1.CC(C)(C)C1CCCSC1.CC(C)(C)C1CCS1.CC(C)(C)C1CCSC1.CC(C)(C)C1CCSCC1.CC(C)(C)C1CNCCS1.CC(C)(C)C1CSC1.CC(C)(C)C1CSCCN1.CC(C)(C)N1CCSCC1. The Labute approximate surface area is 712 Å². The minimum atomic E-state index is 0. The van der Waals surface area contributed by atoms with Crippen molar-refractivity contribution in [2.24, 2.45) is 77.8 Å². The Morgan fingerprint density at radius 3 is 0.915 bits per heavy atom. The molecule has 640 valence electrons. The number of thioether (sulfide) groups is 10. The highest BCUT2D eigenvalue weighted by atomic mass is 32.2. The predicted octanol–water partition coefficient (Wildman–Crippen LogP) is 29.5. The lowest BCUT2D eigenvalue weighted by Gasteiger charge is -2.37. The van der Waals surface area contributed by atoms with Crippen LogP contribution in [0.5, 0.6) is 0 Å². The first-order valence-corrected chi connectivity index (χ1v) is 53.5. The Balaban J connectivity index is 0. The third-order valence-electron chi connectivity index (χ3n) is 22.5. The number of ether oxygens (including phenoxy) is 1. The summed E-state index contributed by atoms with van der Waals surface area (Å²) >= 11 is 21.1. The molecule has 0 spiro atoms. The van der Waals surface area contributed by atoms with Gasteiger partial charge in [0.25, 0.3) is 0 Å². The van der Waals surface area contributed by atoms with Crippen LogP contribution in [0.4, 0.5) is 0 Å². The highest BCUT2D eigenvalue weighted by Crippen LogP contribution is 2.44. The Kier molecular flexibility index (Phi) is 57.3. The molecule has 0 aromatic carbocycles. The fraction of sp³-hybridized carbons (Fsp3) is 1.00. The van der Waals surface area contributed by atoms with E-state index in [0.29, 0.717) is 71.8 Å². The van der Waals surface area contributed by atoms with Gasteiger partial charge in [0.2, 0.25) is 0 Å². The molecule has 11 fully saturated rings. The summed E-state index contributed by atoms with van der Waals surface area (Å²) in [7, 11) is 0. The van der Waals surface area contributed by atoms with Gasteiger partial charge in [0.1, 0.15) is 0 Å². The van der Waals surface area contributed by atoms with Gasteiger partial charge in [-0.25, -0.2) is 0 Å². The number of hydrogen-bond donors (Lipinski definition) is 2. The molecule has 106 heavy (non-hydrogen) atoms. The summed E-state index contributed by atoms with van der Waals surface area (Å²) in [6.45, 7) is 83.9. The third kappa shape index (κ3) is 53.0. The van der Waals surface area contributed by atoms with Crippen LogP contribution in [0, 0.1) is 77.8 Å². The molecule has 11 aliphatic heterocycles. The predicted molar refractivity (Wildman–Crippen MR) is 521 cm³/mol. The van der Waals surface area contributed by atoms with Crippen LogP contribution in [0.1, 0.15) is 333 Å². The molecule has 0 aliphatic carbocycles. The zero-order chi connectivity index (χ0) is 79.5. The zero-order valence-electron chi connectivity index (χ0n) is 75.7. The molecule has 14 heteroatoms. The van der Waals surface area contributed by atoms with Gasteiger partial charge >= 0.3 is 0 Å². The third-order valence-corrected chi connectivity index (χ3v) is 36.5. The van der Waals surface area contributed by atoms with Crippen molar-refractivity contribution >= 4 is 118 Å². The molecule has 8 unspecified atom stereocenters. The maximum Gasteiger partial charge on any atom is 0.0623 e. The summed E-state index contributed by atoms with van der Waals surface area (Å²) in [5.74, 6) is 25.7. The van der Waals surface area contributed by atoms with Crippen LogP contribution in [0.3, 0.4) is 0 Å². The molecule has 0 amide bonds. The summed E-state index contributed by atoms with van der Waals surface area (Å²) in [5, 5.41) is 10.6. The topological polar surface area (TPSA) is 36.5 Å². The lowest BCUT2D eigenvalue weighted by Crippen LogP contribution is -2.46. The Bertz CT molecular complexity index is 1720. The second kappa shape index (κ2) is 54.5. The molecule has 11 heterocycles. The van der Waals surface area contributed by atoms with E-state index in [0.717, 1.165) is 51.3 Å². The first kappa shape index (κ1) is 111. The summed E-state index contributed by atoms with van der Waals surface area (Å²) in [6, 6.07) is 0.714. The van der Waals surface area contributed by atoms with Crippen LogP contribution in [0.2, 0.25) is 0 Å². The monoisotopic (exact) mass is 1670 g/mol. The first-order valence-electron chi connectivity index (χ1n) is 42.4. The summed E-state index contributed by atoms with van der Waals surface area (Å²) in [6.07, 6.45) is 20.2. The molecule has 8 atom stereocenters. The van der Waals surface area contributed by atoms with E-state index < -0.39 is 0 Å². The average Bonchev–Trinajstić information content (AvgIpc) is 1.91. The van der Waals surface area contributed by atoms with Crippen molar-refractivity contribution in [3.05, 3.63) is 0 Å². The molecule has 0 aromatic heterocycles. The van der Waals surface area contributed by atoms with Crippen molar-refractivity contribution in [3.8, 4) is 0 Å². The number of nitrogens with one attached hydrogen (secondary N) is 2. The second-order valence-corrected chi connectivity index (χ2v) is 55.7. The van der Waals surface area contributed by atoms with E-state index in [9.17, 15) is 0 Å². The number of hydrogen-bond acceptors (Lipinski definition) is 14. The minimum absolute atomic E-state index is 0. The van der Waals surface area contributed by atoms with Crippen LogP contribution in [0.15, 0.2) is 0 Å². The molecule has 11 saturated heterocycles. The van der Waals surface area contributed by atoms with Gasteiger partial charge in [-0.3, -0.25) is 4.90 Å². The number of rotatable bonds is 0. The molecule has 11 rings (SSSR count).